The van der Waals surface area contributed by atoms with Crippen LogP contribution in [0.5, 0.6) is 0 Å². The number of nitrogens with zero attached hydrogens (tertiary/aromatic N) is 1. The van der Waals surface area contributed by atoms with E-state index in [1.54, 1.807) is 12.1 Å². The second-order valence-corrected chi connectivity index (χ2v) is 7.50. The molecule has 0 spiro atoms. The summed E-state index contributed by atoms with van der Waals surface area (Å²) in [4.78, 5) is 51.0. The number of rotatable bonds is 6. The third kappa shape index (κ3) is 4.23. The molecule has 29 heavy (non-hydrogen) atoms. The number of imide groups is 1. The summed E-state index contributed by atoms with van der Waals surface area (Å²) in [6.45, 7) is 4.95. The number of fused-ring (bicyclic) bond motifs is 1. The molecule has 3 rings (SSSR count). The molecule has 0 radical (unpaired) electrons. The molecule has 1 aromatic rings. The van der Waals surface area contributed by atoms with Crippen molar-refractivity contribution >= 4 is 29.4 Å². The number of ether oxygens (including phenoxy) is 1. The number of allylic oxidation sites excluding steroid dienone is 2. The zero-order valence-corrected chi connectivity index (χ0v) is 16.9. The van der Waals surface area contributed by atoms with Crippen molar-refractivity contribution < 1.29 is 23.9 Å². The highest BCUT2D eigenvalue weighted by molar-refractivity contribution is 6.08. The predicted octanol–water partition coefficient (Wildman–Crippen LogP) is 2.46. The Kier molecular flexibility index (Phi) is 6.15. The standard InChI is InChI=1S/C22H26N2O5/c1-4-15-9-11-16(12-10-15)23-19(25)14(3)29-22(28)13(2)24-20(26)17-7-5-6-8-18(17)21(24)27/h5-6,9-14,17-18H,4,7-8H2,1-3H3,(H,23,25)/t13-,14+,17-,18-/m0/s1. The van der Waals surface area contributed by atoms with E-state index >= 15 is 0 Å². The number of anilines is 1. The molecule has 0 saturated carbocycles. The van der Waals surface area contributed by atoms with Crippen LogP contribution in [0, 0.1) is 11.8 Å². The SMILES string of the molecule is CCc1ccc(NC(=O)[C@@H](C)OC(=O)[C@H](C)N2C(=O)[C@H]3CC=CC[C@@H]3C2=O)cc1. The smallest absolute Gasteiger partial charge is 0.329 e. The molecule has 1 fully saturated rings. The van der Waals surface area contributed by atoms with Crippen LogP contribution < -0.4 is 5.32 Å². The third-order valence-corrected chi connectivity index (χ3v) is 5.56. The normalized spacial score (nSPS) is 22.8. The Morgan fingerprint density at radius 2 is 1.62 bits per heavy atom. The van der Waals surface area contributed by atoms with Crippen molar-refractivity contribution in [3.63, 3.8) is 0 Å². The summed E-state index contributed by atoms with van der Waals surface area (Å²) >= 11 is 0. The monoisotopic (exact) mass is 398 g/mol. The number of nitrogens with one attached hydrogen (secondary N) is 1. The van der Waals surface area contributed by atoms with Gasteiger partial charge in [-0.25, -0.2) is 4.79 Å². The highest BCUT2D eigenvalue weighted by atomic mass is 16.5. The second-order valence-electron chi connectivity index (χ2n) is 7.50. The summed E-state index contributed by atoms with van der Waals surface area (Å²) in [7, 11) is 0. The Bertz CT molecular complexity index is 819. The van der Waals surface area contributed by atoms with Gasteiger partial charge in [0.2, 0.25) is 11.8 Å². The Hall–Kier alpha value is -2.96. The summed E-state index contributed by atoms with van der Waals surface area (Å²) in [6.07, 6.45) is 4.61. The van der Waals surface area contributed by atoms with Crippen molar-refractivity contribution in [2.24, 2.45) is 11.8 Å². The maximum Gasteiger partial charge on any atom is 0.329 e. The van der Waals surface area contributed by atoms with Crippen LogP contribution in [-0.4, -0.2) is 40.7 Å². The maximum atomic E-state index is 12.6. The van der Waals surface area contributed by atoms with Crippen molar-refractivity contribution in [1.29, 1.82) is 0 Å². The zero-order chi connectivity index (χ0) is 21.1. The molecule has 1 aliphatic heterocycles. The topological polar surface area (TPSA) is 92.8 Å². The molecular weight excluding hydrogens is 372 g/mol. The number of hydrogen-bond acceptors (Lipinski definition) is 5. The van der Waals surface area contributed by atoms with Crippen LogP contribution in [-0.2, 0) is 30.3 Å². The molecule has 1 saturated heterocycles. The van der Waals surface area contributed by atoms with Crippen molar-refractivity contribution in [3.8, 4) is 0 Å². The summed E-state index contributed by atoms with van der Waals surface area (Å²) in [5.74, 6) is -2.76. The second kappa shape index (κ2) is 8.59. The Labute approximate surface area is 170 Å². The molecule has 2 aliphatic rings. The lowest BCUT2D eigenvalue weighted by Gasteiger charge is -2.23. The highest BCUT2D eigenvalue weighted by Crippen LogP contribution is 2.36. The molecule has 1 aromatic carbocycles. The third-order valence-electron chi connectivity index (χ3n) is 5.56. The maximum absolute atomic E-state index is 12.6. The fourth-order valence-corrected chi connectivity index (χ4v) is 3.71. The van der Waals surface area contributed by atoms with Crippen molar-refractivity contribution in [3.05, 3.63) is 42.0 Å². The van der Waals surface area contributed by atoms with Crippen LogP contribution in [0.15, 0.2) is 36.4 Å². The van der Waals surface area contributed by atoms with Crippen molar-refractivity contribution in [1.82, 2.24) is 4.90 Å². The molecule has 7 nitrogen and oxygen atoms in total. The van der Waals surface area contributed by atoms with Gasteiger partial charge in [0.25, 0.3) is 5.91 Å². The minimum atomic E-state index is -1.07. The largest absolute Gasteiger partial charge is 0.451 e. The van der Waals surface area contributed by atoms with Crippen LogP contribution in [0.4, 0.5) is 5.69 Å². The quantitative estimate of drug-likeness (QED) is 0.451. The first-order valence-electron chi connectivity index (χ1n) is 9.95. The van der Waals surface area contributed by atoms with Gasteiger partial charge in [-0.3, -0.25) is 19.3 Å². The van der Waals surface area contributed by atoms with Gasteiger partial charge >= 0.3 is 5.97 Å². The number of aryl methyl sites for hydroxylation is 1. The molecule has 3 amide bonds. The van der Waals surface area contributed by atoms with E-state index in [4.69, 9.17) is 4.74 Å². The number of carbonyl (C=O) groups excluding carboxylic acids is 4. The van der Waals surface area contributed by atoms with Gasteiger partial charge in [0.05, 0.1) is 11.8 Å². The van der Waals surface area contributed by atoms with Gasteiger partial charge in [-0.1, -0.05) is 31.2 Å². The van der Waals surface area contributed by atoms with E-state index in [1.807, 2.05) is 31.2 Å². The van der Waals surface area contributed by atoms with Crippen LogP contribution in [0.2, 0.25) is 0 Å². The highest BCUT2D eigenvalue weighted by Gasteiger charge is 2.50. The molecule has 154 valence electrons. The Morgan fingerprint density at radius 3 is 2.14 bits per heavy atom. The molecule has 1 aliphatic carbocycles. The van der Waals surface area contributed by atoms with Gasteiger partial charge < -0.3 is 10.1 Å². The lowest BCUT2D eigenvalue weighted by atomic mass is 9.85. The fourth-order valence-electron chi connectivity index (χ4n) is 3.71. The predicted molar refractivity (Wildman–Crippen MR) is 107 cm³/mol. The van der Waals surface area contributed by atoms with Crippen LogP contribution in [0.1, 0.15) is 39.2 Å². The minimum absolute atomic E-state index is 0.345. The molecule has 1 N–H and O–H groups in total. The van der Waals surface area contributed by atoms with E-state index in [-0.39, 0.29) is 11.8 Å². The van der Waals surface area contributed by atoms with Crippen LogP contribution >= 0.6 is 0 Å². The van der Waals surface area contributed by atoms with Crippen molar-refractivity contribution in [2.75, 3.05) is 5.32 Å². The molecule has 1 heterocycles. The molecule has 4 atom stereocenters. The molecule has 0 bridgehead atoms. The Morgan fingerprint density at radius 1 is 1.07 bits per heavy atom. The molecule has 0 unspecified atom stereocenters. The van der Waals surface area contributed by atoms with Crippen LogP contribution in [0.25, 0.3) is 0 Å². The summed E-state index contributed by atoms with van der Waals surface area (Å²) in [6, 6.07) is 6.32. The zero-order valence-electron chi connectivity index (χ0n) is 16.9. The van der Waals surface area contributed by atoms with E-state index in [0.29, 0.717) is 18.5 Å². The average molecular weight is 398 g/mol. The minimum Gasteiger partial charge on any atom is -0.451 e. The van der Waals surface area contributed by atoms with E-state index < -0.39 is 35.9 Å². The average Bonchev–Trinajstić information content (AvgIpc) is 2.98. The summed E-state index contributed by atoms with van der Waals surface area (Å²) < 4.78 is 5.24. The van der Waals surface area contributed by atoms with E-state index in [0.717, 1.165) is 16.9 Å². The van der Waals surface area contributed by atoms with Gasteiger partial charge in [-0.05, 0) is 50.8 Å². The fraction of sp³-hybridized carbons (Fsp3) is 0.455. The molecule has 0 aromatic heterocycles. The lowest BCUT2D eigenvalue weighted by molar-refractivity contribution is -0.163. The van der Waals surface area contributed by atoms with E-state index in [1.165, 1.54) is 13.8 Å². The van der Waals surface area contributed by atoms with Gasteiger partial charge in [0.15, 0.2) is 6.10 Å². The molecule has 7 heteroatoms. The summed E-state index contributed by atoms with van der Waals surface area (Å²) in [5, 5.41) is 2.69. The van der Waals surface area contributed by atoms with Crippen LogP contribution in [0.3, 0.4) is 0 Å². The van der Waals surface area contributed by atoms with E-state index in [9.17, 15) is 19.2 Å². The number of likely N-dealkylation sites (tertiary alicyclic amines) is 1. The first-order valence-corrected chi connectivity index (χ1v) is 9.95. The van der Waals surface area contributed by atoms with Gasteiger partial charge in [-0.15, -0.1) is 0 Å². The van der Waals surface area contributed by atoms with Crippen molar-refractivity contribution in [2.45, 2.75) is 52.2 Å². The first kappa shape index (κ1) is 20.8. The lowest BCUT2D eigenvalue weighted by Crippen LogP contribution is -2.46. The Balaban J connectivity index is 1.59. The number of carbonyl (C=O) groups is 4. The van der Waals surface area contributed by atoms with Gasteiger partial charge in [0, 0.05) is 5.69 Å². The van der Waals surface area contributed by atoms with E-state index in [2.05, 4.69) is 5.32 Å². The van der Waals surface area contributed by atoms with Gasteiger partial charge in [0.1, 0.15) is 6.04 Å². The number of benzene rings is 1. The van der Waals surface area contributed by atoms with Gasteiger partial charge in [-0.2, -0.15) is 0 Å². The summed E-state index contributed by atoms with van der Waals surface area (Å²) in [5.41, 5.74) is 1.75. The molecular formula is C22H26N2O5. The first-order chi connectivity index (χ1) is 13.8. The number of amides is 3. The number of hydrogen-bond donors (Lipinski definition) is 1. The number of esters is 1.